The second kappa shape index (κ2) is 6.36. The van der Waals surface area contributed by atoms with E-state index < -0.39 is 6.10 Å². The maximum absolute atomic E-state index is 12.6. The van der Waals surface area contributed by atoms with E-state index in [0.717, 1.165) is 19.4 Å². The normalized spacial score (nSPS) is 23.3. The van der Waals surface area contributed by atoms with Crippen LogP contribution in [-0.2, 0) is 9.53 Å². The van der Waals surface area contributed by atoms with Gasteiger partial charge >= 0.3 is 0 Å². The summed E-state index contributed by atoms with van der Waals surface area (Å²) >= 11 is 0. The third-order valence-electron chi connectivity index (χ3n) is 4.41. The SMILES string of the molecule is CC(C)c1nc([C@H]2CCCN2C(=O)[C@@H](C)OCC2CC2)no1. The van der Waals surface area contributed by atoms with Crippen LogP contribution in [0.1, 0.15) is 70.1 Å². The predicted molar refractivity (Wildman–Crippen MR) is 80.2 cm³/mol. The van der Waals surface area contributed by atoms with Gasteiger partial charge in [-0.15, -0.1) is 0 Å². The van der Waals surface area contributed by atoms with E-state index >= 15 is 0 Å². The molecule has 2 fully saturated rings. The molecule has 2 heterocycles. The fraction of sp³-hybridized carbons (Fsp3) is 0.812. The number of hydrogen-bond acceptors (Lipinski definition) is 5. The van der Waals surface area contributed by atoms with Gasteiger partial charge in [0.05, 0.1) is 12.6 Å². The van der Waals surface area contributed by atoms with Gasteiger partial charge in [0.2, 0.25) is 5.89 Å². The summed E-state index contributed by atoms with van der Waals surface area (Å²) in [5, 5.41) is 4.07. The number of amides is 1. The van der Waals surface area contributed by atoms with Crippen molar-refractivity contribution in [1.82, 2.24) is 15.0 Å². The number of likely N-dealkylation sites (tertiary alicyclic amines) is 1. The topological polar surface area (TPSA) is 68.5 Å². The van der Waals surface area contributed by atoms with E-state index in [9.17, 15) is 4.79 Å². The highest BCUT2D eigenvalue weighted by Crippen LogP contribution is 2.32. The zero-order valence-electron chi connectivity index (χ0n) is 13.6. The molecule has 1 aromatic rings. The van der Waals surface area contributed by atoms with Crippen LogP contribution < -0.4 is 0 Å². The molecule has 0 radical (unpaired) electrons. The third kappa shape index (κ3) is 3.32. The molecule has 1 amide bonds. The molecule has 122 valence electrons. The van der Waals surface area contributed by atoms with Crippen molar-refractivity contribution < 1.29 is 14.1 Å². The quantitative estimate of drug-likeness (QED) is 0.808. The Bertz CT molecular complexity index is 524. The van der Waals surface area contributed by atoms with Crippen molar-refractivity contribution in [1.29, 1.82) is 0 Å². The molecule has 22 heavy (non-hydrogen) atoms. The molecular weight excluding hydrogens is 282 g/mol. The summed E-state index contributed by atoms with van der Waals surface area (Å²) in [4.78, 5) is 18.9. The molecule has 0 unspecified atom stereocenters. The largest absolute Gasteiger partial charge is 0.368 e. The zero-order chi connectivity index (χ0) is 15.7. The maximum Gasteiger partial charge on any atom is 0.252 e. The molecule has 0 bridgehead atoms. The molecule has 0 aromatic carbocycles. The van der Waals surface area contributed by atoms with Crippen LogP contribution in [0, 0.1) is 5.92 Å². The number of rotatable bonds is 6. The summed E-state index contributed by atoms with van der Waals surface area (Å²) in [6, 6.07) is -0.0734. The number of ether oxygens (including phenoxy) is 1. The van der Waals surface area contributed by atoms with Crippen molar-refractivity contribution in [2.24, 2.45) is 5.92 Å². The molecule has 1 aromatic heterocycles. The first-order valence-electron chi connectivity index (χ1n) is 8.32. The van der Waals surface area contributed by atoms with Crippen LogP contribution >= 0.6 is 0 Å². The predicted octanol–water partition coefficient (Wildman–Crippen LogP) is 2.67. The van der Waals surface area contributed by atoms with E-state index in [-0.39, 0.29) is 17.9 Å². The van der Waals surface area contributed by atoms with Gasteiger partial charge in [0.1, 0.15) is 6.10 Å². The number of hydrogen-bond donors (Lipinski definition) is 0. The molecule has 0 N–H and O–H groups in total. The van der Waals surface area contributed by atoms with E-state index in [1.807, 2.05) is 25.7 Å². The van der Waals surface area contributed by atoms with Crippen molar-refractivity contribution in [3.05, 3.63) is 11.7 Å². The number of aromatic nitrogens is 2. The Morgan fingerprint density at radius 1 is 1.36 bits per heavy atom. The van der Waals surface area contributed by atoms with Crippen LogP contribution in [0.25, 0.3) is 0 Å². The first kappa shape index (κ1) is 15.5. The molecular formula is C16H25N3O3. The van der Waals surface area contributed by atoms with Crippen LogP contribution in [0.5, 0.6) is 0 Å². The third-order valence-corrected chi connectivity index (χ3v) is 4.41. The molecule has 6 heteroatoms. The smallest absolute Gasteiger partial charge is 0.252 e. The second-order valence-corrected chi connectivity index (χ2v) is 6.75. The van der Waals surface area contributed by atoms with E-state index in [2.05, 4.69) is 10.1 Å². The highest BCUT2D eigenvalue weighted by Gasteiger charge is 2.36. The fourth-order valence-electron chi connectivity index (χ4n) is 2.79. The highest BCUT2D eigenvalue weighted by molar-refractivity contribution is 5.81. The lowest BCUT2D eigenvalue weighted by Gasteiger charge is -2.25. The molecule has 1 saturated carbocycles. The van der Waals surface area contributed by atoms with Gasteiger partial charge in [0.25, 0.3) is 5.91 Å². The summed E-state index contributed by atoms with van der Waals surface area (Å²) in [5.41, 5.74) is 0. The van der Waals surface area contributed by atoms with Crippen LogP contribution in [0.4, 0.5) is 0 Å². The second-order valence-electron chi connectivity index (χ2n) is 6.75. The number of carbonyl (C=O) groups excluding carboxylic acids is 1. The lowest BCUT2D eigenvalue weighted by atomic mass is 10.2. The molecule has 1 aliphatic heterocycles. The summed E-state index contributed by atoms with van der Waals surface area (Å²) in [6.45, 7) is 7.32. The Hall–Kier alpha value is -1.43. The Morgan fingerprint density at radius 2 is 2.14 bits per heavy atom. The first-order valence-corrected chi connectivity index (χ1v) is 8.32. The summed E-state index contributed by atoms with van der Waals surface area (Å²) < 4.78 is 11.0. The van der Waals surface area contributed by atoms with Crippen molar-refractivity contribution in [2.75, 3.05) is 13.2 Å². The summed E-state index contributed by atoms with van der Waals surface area (Å²) in [6.07, 6.45) is 3.93. The average molecular weight is 307 g/mol. The van der Waals surface area contributed by atoms with Crippen molar-refractivity contribution in [3.63, 3.8) is 0 Å². The lowest BCUT2D eigenvalue weighted by molar-refractivity contribution is -0.144. The molecule has 3 rings (SSSR count). The van der Waals surface area contributed by atoms with Gasteiger partial charge in [-0.25, -0.2) is 0 Å². The van der Waals surface area contributed by atoms with Gasteiger partial charge in [-0.05, 0) is 38.5 Å². The Kier molecular flexibility index (Phi) is 4.47. The first-order chi connectivity index (χ1) is 10.6. The zero-order valence-corrected chi connectivity index (χ0v) is 13.6. The van der Waals surface area contributed by atoms with Gasteiger partial charge < -0.3 is 14.2 Å². The van der Waals surface area contributed by atoms with E-state index in [0.29, 0.717) is 24.2 Å². The molecule has 1 aliphatic carbocycles. The molecule has 6 nitrogen and oxygen atoms in total. The standard InChI is InChI=1S/C16H25N3O3/c1-10(2)15-17-14(18-22-15)13-5-4-8-19(13)16(20)11(3)21-9-12-6-7-12/h10-13H,4-9H2,1-3H3/t11-,13-/m1/s1. The van der Waals surface area contributed by atoms with Gasteiger partial charge in [-0.3, -0.25) is 4.79 Å². The molecule has 2 atom stereocenters. The number of carbonyl (C=O) groups is 1. The Balaban J connectivity index is 1.64. The van der Waals surface area contributed by atoms with E-state index in [1.165, 1.54) is 12.8 Å². The van der Waals surface area contributed by atoms with Crippen LogP contribution in [0.3, 0.4) is 0 Å². The minimum absolute atomic E-state index is 0.0408. The fourth-order valence-corrected chi connectivity index (χ4v) is 2.79. The van der Waals surface area contributed by atoms with Crippen molar-refractivity contribution >= 4 is 5.91 Å². The van der Waals surface area contributed by atoms with Crippen LogP contribution in [0.15, 0.2) is 4.52 Å². The molecule has 1 saturated heterocycles. The lowest BCUT2D eigenvalue weighted by Crippen LogP contribution is -2.39. The summed E-state index contributed by atoms with van der Waals surface area (Å²) in [7, 11) is 0. The average Bonchev–Trinajstić information content (AvgIpc) is 3.01. The molecule has 2 aliphatic rings. The van der Waals surface area contributed by atoms with Crippen LogP contribution in [0.2, 0.25) is 0 Å². The Morgan fingerprint density at radius 3 is 2.77 bits per heavy atom. The van der Waals surface area contributed by atoms with E-state index in [4.69, 9.17) is 9.26 Å². The number of nitrogens with zero attached hydrogens (tertiary/aromatic N) is 3. The monoisotopic (exact) mass is 307 g/mol. The van der Waals surface area contributed by atoms with Gasteiger partial charge in [0, 0.05) is 12.5 Å². The van der Waals surface area contributed by atoms with Crippen LogP contribution in [-0.4, -0.2) is 40.2 Å². The molecule has 0 spiro atoms. The van der Waals surface area contributed by atoms with Gasteiger partial charge in [0.15, 0.2) is 5.82 Å². The minimum Gasteiger partial charge on any atom is -0.368 e. The van der Waals surface area contributed by atoms with Gasteiger partial charge in [-0.2, -0.15) is 4.98 Å². The maximum atomic E-state index is 12.6. The van der Waals surface area contributed by atoms with E-state index in [1.54, 1.807) is 0 Å². The van der Waals surface area contributed by atoms with Gasteiger partial charge in [-0.1, -0.05) is 19.0 Å². The minimum atomic E-state index is -0.391. The van der Waals surface area contributed by atoms with Crippen molar-refractivity contribution in [2.45, 2.75) is 64.5 Å². The summed E-state index contributed by atoms with van der Waals surface area (Å²) in [5.74, 6) is 2.17. The Labute approximate surface area is 131 Å². The highest BCUT2D eigenvalue weighted by atomic mass is 16.5. The van der Waals surface area contributed by atoms with Crippen molar-refractivity contribution in [3.8, 4) is 0 Å².